The van der Waals surface area contributed by atoms with Crippen molar-refractivity contribution in [2.24, 2.45) is 0 Å². The van der Waals surface area contributed by atoms with Crippen molar-refractivity contribution in [3.05, 3.63) is 57.6 Å². The smallest absolute Gasteiger partial charge is 0.306 e. The van der Waals surface area contributed by atoms with Gasteiger partial charge in [-0.05, 0) is 17.7 Å². The topological polar surface area (TPSA) is 115 Å². The molecule has 1 atom stereocenters. The number of nitro groups is 1. The van der Waals surface area contributed by atoms with E-state index in [2.05, 4.69) is 8.75 Å². The first-order valence-corrected chi connectivity index (χ1v) is 7.99. The minimum atomic E-state index is -0.569. The molecular weight excluding hydrogens is 346 g/mol. The number of esters is 1. The third kappa shape index (κ3) is 3.26. The minimum absolute atomic E-state index is 0.0209. The lowest BCUT2D eigenvalue weighted by Crippen LogP contribution is -2.11. The van der Waals surface area contributed by atoms with Gasteiger partial charge in [-0.15, -0.1) is 0 Å². The fourth-order valence-corrected chi connectivity index (χ4v) is 3.22. The van der Waals surface area contributed by atoms with Crippen LogP contribution in [0, 0.1) is 10.1 Å². The zero-order valence-corrected chi connectivity index (χ0v) is 13.9. The summed E-state index contributed by atoms with van der Waals surface area (Å²) in [6, 6.07) is 8.97. The Morgan fingerprint density at radius 3 is 2.64 bits per heavy atom. The number of nitrogens with zero attached hydrogens (tertiary/aromatic N) is 3. The number of hydrogen-bond acceptors (Lipinski definition) is 8. The van der Waals surface area contributed by atoms with E-state index in [4.69, 9.17) is 4.74 Å². The first-order chi connectivity index (χ1) is 12.0. The summed E-state index contributed by atoms with van der Waals surface area (Å²) in [5.74, 6) is -1.06. The zero-order valence-electron chi connectivity index (χ0n) is 13.1. The molecule has 25 heavy (non-hydrogen) atoms. The van der Waals surface area contributed by atoms with Crippen LogP contribution in [0.4, 0.5) is 5.69 Å². The van der Waals surface area contributed by atoms with E-state index >= 15 is 0 Å². The molecule has 0 saturated heterocycles. The van der Waals surface area contributed by atoms with Gasteiger partial charge in [-0.1, -0.05) is 12.1 Å². The largest absolute Gasteiger partial charge is 0.508 e. The number of nitro benzene ring substituents is 1. The van der Waals surface area contributed by atoms with Crippen molar-refractivity contribution in [2.75, 3.05) is 7.11 Å². The Morgan fingerprint density at radius 2 is 2.00 bits per heavy atom. The van der Waals surface area contributed by atoms with E-state index in [1.165, 1.54) is 25.3 Å². The van der Waals surface area contributed by atoms with Gasteiger partial charge in [-0.3, -0.25) is 14.9 Å². The van der Waals surface area contributed by atoms with Crippen LogP contribution in [0.15, 0.2) is 36.4 Å². The number of carbonyl (C=O) groups excluding carboxylic acids is 1. The number of aromatic hydroxyl groups is 1. The molecule has 0 amide bonds. The number of benzene rings is 2. The number of phenolic OH excluding ortho intramolecular Hbond substituents is 1. The van der Waals surface area contributed by atoms with Crippen molar-refractivity contribution in [1.29, 1.82) is 0 Å². The molecule has 1 N–H and O–H groups in total. The SMILES string of the molecule is COC(=O)C[C@H](c1ccc([N+](=O)[O-])cc1)c1c(O)ccc2nsnc12. The highest BCUT2D eigenvalue weighted by Gasteiger charge is 2.26. The quantitative estimate of drug-likeness (QED) is 0.423. The number of rotatable bonds is 5. The van der Waals surface area contributed by atoms with E-state index in [0.717, 1.165) is 11.7 Å². The maximum Gasteiger partial charge on any atom is 0.306 e. The Morgan fingerprint density at radius 1 is 1.28 bits per heavy atom. The van der Waals surface area contributed by atoms with Crippen LogP contribution < -0.4 is 0 Å². The second-order valence-corrected chi connectivity index (χ2v) is 5.84. The highest BCUT2D eigenvalue weighted by Crippen LogP contribution is 2.39. The van der Waals surface area contributed by atoms with Crippen LogP contribution in [0.3, 0.4) is 0 Å². The van der Waals surface area contributed by atoms with Gasteiger partial charge in [0.2, 0.25) is 0 Å². The van der Waals surface area contributed by atoms with Crippen molar-refractivity contribution >= 4 is 34.4 Å². The van der Waals surface area contributed by atoms with Crippen molar-refractivity contribution in [3.63, 3.8) is 0 Å². The van der Waals surface area contributed by atoms with E-state index in [1.54, 1.807) is 18.2 Å². The third-order valence-corrected chi connectivity index (χ3v) is 4.44. The molecule has 2 aromatic carbocycles. The summed E-state index contributed by atoms with van der Waals surface area (Å²) >= 11 is 1.00. The van der Waals surface area contributed by atoms with Gasteiger partial charge in [0.1, 0.15) is 16.8 Å². The van der Waals surface area contributed by atoms with Gasteiger partial charge >= 0.3 is 5.97 Å². The van der Waals surface area contributed by atoms with Crippen LogP contribution in [0.1, 0.15) is 23.5 Å². The fourth-order valence-electron chi connectivity index (χ4n) is 2.67. The lowest BCUT2D eigenvalue weighted by molar-refractivity contribution is -0.384. The normalized spacial score (nSPS) is 12.0. The summed E-state index contributed by atoms with van der Waals surface area (Å²) in [6.45, 7) is 0. The Labute approximate surface area is 146 Å². The van der Waals surface area contributed by atoms with Gasteiger partial charge < -0.3 is 9.84 Å². The standard InChI is InChI=1S/C16H13N3O5S/c1-24-14(21)8-11(9-2-4-10(5-3-9)19(22)23)15-13(20)7-6-12-16(15)18-25-17-12/h2-7,11,20H,8H2,1H3/t11-/m1/s1. The number of methoxy groups -OCH3 is 1. The molecule has 0 unspecified atom stereocenters. The van der Waals surface area contributed by atoms with E-state index < -0.39 is 16.8 Å². The summed E-state index contributed by atoms with van der Waals surface area (Å²) in [5.41, 5.74) is 2.13. The maximum atomic E-state index is 11.9. The van der Waals surface area contributed by atoms with E-state index in [0.29, 0.717) is 22.2 Å². The van der Waals surface area contributed by atoms with Crippen LogP contribution in [0.25, 0.3) is 11.0 Å². The molecule has 0 aliphatic carbocycles. The van der Waals surface area contributed by atoms with E-state index in [9.17, 15) is 20.0 Å². The molecule has 0 radical (unpaired) electrons. The average Bonchev–Trinajstić information content (AvgIpc) is 3.08. The molecular formula is C16H13N3O5S. The highest BCUT2D eigenvalue weighted by atomic mass is 32.1. The third-order valence-electron chi connectivity index (χ3n) is 3.90. The van der Waals surface area contributed by atoms with Gasteiger partial charge in [0.05, 0.1) is 30.2 Å². The Balaban J connectivity index is 2.14. The van der Waals surface area contributed by atoms with Crippen LogP contribution in [0.5, 0.6) is 5.75 Å². The zero-order chi connectivity index (χ0) is 18.0. The first kappa shape index (κ1) is 16.8. The Hall–Kier alpha value is -3.07. The summed E-state index contributed by atoms with van der Waals surface area (Å²) in [7, 11) is 1.28. The van der Waals surface area contributed by atoms with Crippen LogP contribution in [-0.2, 0) is 9.53 Å². The Kier molecular flexibility index (Phi) is 4.57. The molecule has 0 aliphatic heterocycles. The second-order valence-electron chi connectivity index (χ2n) is 5.31. The fraction of sp³-hybridized carbons (Fsp3) is 0.188. The number of phenols is 1. The molecule has 3 rings (SSSR count). The predicted molar refractivity (Wildman–Crippen MR) is 90.7 cm³/mol. The molecule has 0 fully saturated rings. The number of carbonyl (C=O) groups is 1. The number of aromatic nitrogens is 2. The Bertz CT molecular complexity index is 939. The molecule has 0 aliphatic rings. The molecule has 8 nitrogen and oxygen atoms in total. The molecule has 1 aromatic heterocycles. The monoisotopic (exact) mass is 359 g/mol. The van der Waals surface area contributed by atoms with Gasteiger partial charge in [0.25, 0.3) is 5.69 Å². The summed E-state index contributed by atoms with van der Waals surface area (Å²) in [6.07, 6.45) is -0.0431. The average molecular weight is 359 g/mol. The van der Waals surface area contributed by atoms with Crippen LogP contribution >= 0.6 is 11.7 Å². The summed E-state index contributed by atoms with van der Waals surface area (Å²) in [5, 5.41) is 21.2. The summed E-state index contributed by atoms with van der Waals surface area (Å²) in [4.78, 5) is 22.2. The van der Waals surface area contributed by atoms with Crippen LogP contribution in [-0.4, -0.2) is 31.9 Å². The lowest BCUT2D eigenvalue weighted by atomic mass is 9.87. The first-order valence-electron chi connectivity index (χ1n) is 7.26. The minimum Gasteiger partial charge on any atom is -0.508 e. The van der Waals surface area contributed by atoms with Crippen molar-refractivity contribution in [1.82, 2.24) is 8.75 Å². The molecule has 3 aromatic rings. The number of fused-ring (bicyclic) bond motifs is 1. The van der Waals surface area contributed by atoms with E-state index in [-0.39, 0.29) is 17.9 Å². The lowest BCUT2D eigenvalue weighted by Gasteiger charge is -2.18. The van der Waals surface area contributed by atoms with Gasteiger partial charge in [-0.25, -0.2) is 0 Å². The van der Waals surface area contributed by atoms with Crippen molar-refractivity contribution < 1.29 is 19.6 Å². The summed E-state index contributed by atoms with van der Waals surface area (Å²) < 4.78 is 13.1. The molecule has 0 saturated carbocycles. The maximum absolute atomic E-state index is 11.9. The predicted octanol–water partition coefficient (Wildman–Crippen LogP) is 3.00. The number of ether oxygens (including phenoxy) is 1. The van der Waals surface area contributed by atoms with Gasteiger partial charge in [-0.2, -0.15) is 8.75 Å². The van der Waals surface area contributed by atoms with E-state index in [1.807, 2.05) is 0 Å². The second kappa shape index (κ2) is 6.81. The van der Waals surface area contributed by atoms with Crippen LogP contribution in [0.2, 0.25) is 0 Å². The molecule has 128 valence electrons. The number of non-ortho nitro benzene ring substituents is 1. The highest BCUT2D eigenvalue weighted by molar-refractivity contribution is 7.00. The van der Waals surface area contributed by atoms with Gasteiger partial charge in [0.15, 0.2) is 0 Å². The van der Waals surface area contributed by atoms with Crippen molar-refractivity contribution in [2.45, 2.75) is 12.3 Å². The molecule has 1 heterocycles. The van der Waals surface area contributed by atoms with Crippen molar-refractivity contribution in [3.8, 4) is 5.75 Å². The molecule has 0 bridgehead atoms. The number of hydrogen-bond donors (Lipinski definition) is 1. The van der Waals surface area contributed by atoms with Gasteiger partial charge in [0, 0.05) is 23.6 Å². The molecule has 0 spiro atoms. The molecule has 9 heteroatoms.